The van der Waals surface area contributed by atoms with Crippen molar-refractivity contribution >= 4 is 35.0 Å². The molecule has 1 aromatic carbocycles. The normalized spacial score (nSPS) is 13.1. The van der Waals surface area contributed by atoms with Crippen LogP contribution in [0.5, 0.6) is 0 Å². The summed E-state index contributed by atoms with van der Waals surface area (Å²) in [6.45, 7) is 0. The highest BCUT2D eigenvalue weighted by molar-refractivity contribution is 7.98. The van der Waals surface area contributed by atoms with E-state index in [-0.39, 0.29) is 10.7 Å². The lowest BCUT2D eigenvalue weighted by molar-refractivity contribution is -0.137. The summed E-state index contributed by atoms with van der Waals surface area (Å²) in [5.74, 6) is 0.159. The van der Waals surface area contributed by atoms with E-state index in [1.807, 2.05) is 6.26 Å². The van der Waals surface area contributed by atoms with Crippen molar-refractivity contribution in [1.82, 2.24) is 0 Å². The van der Waals surface area contributed by atoms with Crippen molar-refractivity contribution < 1.29 is 18.0 Å². The van der Waals surface area contributed by atoms with Crippen molar-refractivity contribution in [3.63, 3.8) is 0 Å². The highest BCUT2D eigenvalue weighted by Gasteiger charge is 2.31. The minimum atomic E-state index is -4.52. The maximum Gasteiger partial charge on any atom is 0.416 e. The van der Waals surface area contributed by atoms with E-state index < -0.39 is 23.7 Å². The molecule has 1 rings (SSSR count). The number of rotatable bonds is 5. The fraction of sp³-hybridized carbons (Fsp3) is 0.417. The van der Waals surface area contributed by atoms with Gasteiger partial charge in [-0.25, -0.2) is 0 Å². The Morgan fingerprint density at radius 3 is 2.65 bits per heavy atom. The Balaban J connectivity index is 2.82. The summed E-state index contributed by atoms with van der Waals surface area (Å²) >= 11 is 7.15. The van der Waals surface area contributed by atoms with Crippen molar-refractivity contribution in [3.8, 4) is 0 Å². The van der Waals surface area contributed by atoms with Gasteiger partial charge in [0.05, 0.1) is 11.6 Å². The van der Waals surface area contributed by atoms with Crippen LogP contribution in [0.15, 0.2) is 18.2 Å². The molecule has 112 valence electrons. The van der Waals surface area contributed by atoms with Crippen molar-refractivity contribution in [2.75, 3.05) is 17.3 Å². The maximum absolute atomic E-state index is 12.6. The molecule has 8 heteroatoms. The molecule has 0 aliphatic heterocycles. The van der Waals surface area contributed by atoms with Crippen LogP contribution in [0.1, 0.15) is 12.0 Å². The van der Waals surface area contributed by atoms with E-state index in [0.717, 1.165) is 12.1 Å². The summed E-state index contributed by atoms with van der Waals surface area (Å²) in [4.78, 5) is 11.7. The summed E-state index contributed by atoms with van der Waals surface area (Å²) in [6.07, 6.45) is -2.21. The highest BCUT2D eigenvalue weighted by atomic mass is 35.5. The van der Waals surface area contributed by atoms with E-state index in [4.69, 9.17) is 17.3 Å². The Labute approximate surface area is 124 Å². The molecule has 0 saturated carbocycles. The Hall–Kier alpha value is -0.920. The summed E-state index contributed by atoms with van der Waals surface area (Å²) in [7, 11) is 0. The standard InChI is InChI=1S/C12H14ClF3N2OS/c1-20-3-2-10(17)11(19)18-9-5-7(12(14,15)16)4-8(13)6-9/h4-6,10H,2-3,17H2,1H3,(H,18,19)/t10-/m1/s1. The van der Waals surface area contributed by atoms with Crippen LogP contribution in [0.2, 0.25) is 5.02 Å². The van der Waals surface area contributed by atoms with Crippen LogP contribution in [0.4, 0.5) is 18.9 Å². The van der Waals surface area contributed by atoms with Gasteiger partial charge in [0, 0.05) is 10.7 Å². The summed E-state index contributed by atoms with van der Waals surface area (Å²) in [5, 5.41) is 2.24. The van der Waals surface area contributed by atoms with E-state index in [9.17, 15) is 18.0 Å². The molecule has 0 aromatic heterocycles. The first-order valence-electron chi connectivity index (χ1n) is 5.67. The number of thioether (sulfide) groups is 1. The molecular formula is C12H14ClF3N2OS. The molecular weight excluding hydrogens is 313 g/mol. The third kappa shape index (κ3) is 5.22. The first-order valence-corrected chi connectivity index (χ1v) is 7.44. The van der Waals surface area contributed by atoms with Crippen molar-refractivity contribution in [1.29, 1.82) is 0 Å². The van der Waals surface area contributed by atoms with Crippen LogP contribution < -0.4 is 11.1 Å². The van der Waals surface area contributed by atoms with Crippen LogP contribution in [0, 0.1) is 0 Å². The molecule has 0 heterocycles. The van der Waals surface area contributed by atoms with Gasteiger partial charge in [0.1, 0.15) is 0 Å². The van der Waals surface area contributed by atoms with Gasteiger partial charge in [-0.1, -0.05) is 11.6 Å². The number of hydrogen-bond acceptors (Lipinski definition) is 3. The smallest absolute Gasteiger partial charge is 0.325 e. The minimum absolute atomic E-state index is 0.0190. The highest BCUT2D eigenvalue weighted by Crippen LogP contribution is 2.33. The number of hydrogen-bond donors (Lipinski definition) is 2. The summed E-state index contributed by atoms with van der Waals surface area (Å²) in [6, 6.07) is 2.10. The zero-order valence-electron chi connectivity index (χ0n) is 10.6. The SMILES string of the molecule is CSCC[C@@H](N)C(=O)Nc1cc(Cl)cc(C(F)(F)F)c1. The van der Waals surface area contributed by atoms with Crippen LogP contribution >= 0.6 is 23.4 Å². The molecule has 1 amide bonds. The lowest BCUT2D eigenvalue weighted by Crippen LogP contribution is -2.36. The molecule has 0 aliphatic carbocycles. The fourth-order valence-corrected chi connectivity index (χ4v) is 2.16. The van der Waals surface area contributed by atoms with Crippen molar-refractivity contribution in [2.45, 2.75) is 18.6 Å². The molecule has 0 aliphatic rings. The van der Waals surface area contributed by atoms with Crippen molar-refractivity contribution in [3.05, 3.63) is 28.8 Å². The molecule has 3 nitrogen and oxygen atoms in total. The maximum atomic E-state index is 12.6. The van der Waals surface area contributed by atoms with Gasteiger partial charge in [-0.2, -0.15) is 24.9 Å². The number of benzene rings is 1. The molecule has 3 N–H and O–H groups in total. The van der Waals surface area contributed by atoms with Crippen LogP contribution in [0.25, 0.3) is 0 Å². The zero-order chi connectivity index (χ0) is 15.3. The predicted octanol–water partition coefficient (Wildman–Crippen LogP) is 3.38. The number of alkyl halides is 3. The Morgan fingerprint density at radius 1 is 1.45 bits per heavy atom. The number of carbonyl (C=O) groups excluding carboxylic acids is 1. The third-order valence-corrected chi connectivity index (χ3v) is 3.32. The number of halogens is 4. The lowest BCUT2D eigenvalue weighted by Gasteiger charge is -2.14. The van der Waals surface area contributed by atoms with E-state index in [2.05, 4.69) is 5.32 Å². The Bertz CT molecular complexity index is 482. The van der Waals surface area contributed by atoms with Gasteiger partial charge in [-0.05, 0) is 36.6 Å². The molecule has 1 atom stereocenters. The number of amides is 1. The quantitative estimate of drug-likeness (QED) is 0.872. The monoisotopic (exact) mass is 326 g/mol. The van der Waals surface area contributed by atoms with Crippen LogP contribution in [-0.4, -0.2) is 24.0 Å². The van der Waals surface area contributed by atoms with Gasteiger partial charge in [0.15, 0.2) is 0 Å². The second-order valence-electron chi connectivity index (χ2n) is 4.10. The molecule has 0 radical (unpaired) electrons. The predicted molar refractivity (Wildman–Crippen MR) is 76.1 cm³/mol. The lowest BCUT2D eigenvalue weighted by atomic mass is 10.1. The molecule has 1 aromatic rings. The molecule has 0 bridgehead atoms. The fourth-order valence-electron chi connectivity index (χ4n) is 1.44. The average molecular weight is 327 g/mol. The number of anilines is 1. The zero-order valence-corrected chi connectivity index (χ0v) is 12.2. The Kier molecular flexibility index (Phi) is 6.16. The topological polar surface area (TPSA) is 55.1 Å². The third-order valence-electron chi connectivity index (χ3n) is 2.46. The summed E-state index contributed by atoms with van der Waals surface area (Å²) < 4.78 is 37.8. The van der Waals surface area contributed by atoms with Gasteiger partial charge in [-0.15, -0.1) is 0 Å². The second kappa shape index (κ2) is 7.19. The molecule has 0 unspecified atom stereocenters. The van der Waals surface area contributed by atoms with E-state index >= 15 is 0 Å². The second-order valence-corrected chi connectivity index (χ2v) is 5.53. The number of carbonyl (C=O) groups is 1. The van der Waals surface area contributed by atoms with E-state index in [1.54, 1.807) is 0 Å². The molecule has 0 saturated heterocycles. The number of nitrogens with two attached hydrogens (primary N) is 1. The molecule has 0 spiro atoms. The Morgan fingerprint density at radius 2 is 2.10 bits per heavy atom. The molecule has 0 fully saturated rings. The van der Waals surface area contributed by atoms with Gasteiger partial charge in [0.25, 0.3) is 0 Å². The first kappa shape index (κ1) is 17.1. The van der Waals surface area contributed by atoms with Gasteiger partial charge >= 0.3 is 6.18 Å². The summed E-state index contributed by atoms with van der Waals surface area (Å²) in [5.41, 5.74) is 4.69. The van der Waals surface area contributed by atoms with Crippen LogP contribution in [0.3, 0.4) is 0 Å². The van der Waals surface area contributed by atoms with Crippen molar-refractivity contribution in [2.24, 2.45) is 5.73 Å². The van der Waals surface area contributed by atoms with Crippen LogP contribution in [-0.2, 0) is 11.0 Å². The minimum Gasteiger partial charge on any atom is -0.325 e. The van der Waals surface area contributed by atoms with E-state index in [0.29, 0.717) is 12.2 Å². The number of nitrogens with one attached hydrogen (secondary N) is 1. The average Bonchev–Trinajstić information content (AvgIpc) is 2.34. The van der Waals surface area contributed by atoms with Gasteiger partial charge < -0.3 is 11.1 Å². The largest absolute Gasteiger partial charge is 0.416 e. The van der Waals surface area contributed by atoms with Gasteiger partial charge in [-0.3, -0.25) is 4.79 Å². The first-order chi connectivity index (χ1) is 9.24. The van der Waals surface area contributed by atoms with Gasteiger partial charge in [0.2, 0.25) is 5.91 Å². The molecule has 20 heavy (non-hydrogen) atoms. The van der Waals surface area contributed by atoms with E-state index in [1.165, 1.54) is 17.8 Å².